The zero-order valence-electron chi connectivity index (χ0n) is 16.3. The second-order valence-electron chi connectivity index (χ2n) is 7.21. The molecule has 6 nitrogen and oxygen atoms in total. The van der Waals surface area contributed by atoms with Crippen LogP contribution in [-0.2, 0) is 15.0 Å². The number of hydrogen-bond acceptors (Lipinski definition) is 4. The Morgan fingerprint density at radius 1 is 0.857 bits per heavy atom. The summed E-state index contributed by atoms with van der Waals surface area (Å²) in [5.74, 6) is -0.277. The molecule has 0 atom stereocenters. The summed E-state index contributed by atoms with van der Waals surface area (Å²) in [6.45, 7) is 6.27. The van der Waals surface area contributed by atoms with Crippen LogP contribution in [0.25, 0.3) is 0 Å². The topological polar surface area (TPSA) is 76.7 Å². The predicted octanol–water partition coefficient (Wildman–Crippen LogP) is 3.12. The SMILES string of the molecule is CC(C)(C)c1ccc(OCCC(=O)NNC(=O)COc2ccc(F)cc2)cc1. The van der Waals surface area contributed by atoms with E-state index in [0.717, 1.165) is 0 Å². The molecule has 7 heteroatoms. The predicted molar refractivity (Wildman–Crippen MR) is 103 cm³/mol. The van der Waals surface area contributed by atoms with Crippen LogP contribution in [0.3, 0.4) is 0 Å². The smallest absolute Gasteiger partial charge is 0.276 e. The molecule has 2 aromatic carbocycles. The van der Waals surface area contributed by atoms with Gasteiger partial charge in [0, 0.05) is 0 Å². The number of ether oxygens (including phenoxy) is 2. The Morgan fingerprint density at radius 3 is 2.00 bits per heavy atom. The van der Waals surface area contributed by atoms with Crippen molar-refractivity contribution in [3.05, 3.63) is 59.9 Å². The molecule has 2 amide bonds. The number of nitrogens with one attached hydrogen (secondary N) is 2. The molecule has 0 saturated carbocycles. The fraction of sp³-hybridized carbons (Fsp3) is 0.333. The standard InChI is InChI=1S/C21H25FN2O4/c1-21(2,3)15-4-8-17(9-5-15)27-13-12-19(25)23-24-20(26)14-28-18-10-6-16(22)7-11-18/h4-11H,12-14H2,1-3H3,(H,23,25)(H,24,26). The minimum absolute atomic E-state index is 0.0665. The second-order valence-corrected chi connectivity index (χ2v) is 7.21. The van der Waals surface area contributed by atoms with E-state index >= 15 is 0 Å². The van der Waals surface area contributed by atoms with Crippen LogP contribution in [0.4, 0.5) is 4.39 Å². The highest BCUT2D eigenvalue weighted by molar-refractivity contribution is 5.82. The van der Waals surface area contributed by atoms with Gasteiger partial charge in [-0.3, -0.25) is 20.4 Å². The Balaban J connectivity index is 1.63. The van der Waals surface area contributed by atoms with Crippen molar-refractivity contribution in [3.8, 4) is 11.5 Å². The molecule has 0 unspecified atom stereocenters. The van der Waals surface area contributed by atoms with Crippen molar-refractivity contribution >= 4 is 11.8 Å². The first-order valence-electron chi connectivity index (χ1n) is 8.93. The maximum Gasteiger partial charge on any atom is 0.276 e. The van der Waals surface area contributed by atoms with Gasteiger partial charge in [0.1, 0.15) is 17.3 Å². The van der Waals surface area contributed by atoms with E-state index in [0.29, 0.717) is 11.5 Å². The quantitative estimate of drug-likeness (QED) is 0.715. The Kier molecular flexibility index (Phi) is 7.37. The third-order valence-corrected chi connectivity index (χ3v) is 3.84. The summed E-state index contributed by atoms with van der Waals surface area (Å²) in [6.07, 6.45) is 0.0835. The molecule has 28 heavy (non-hydrogen) atoms. The van der Waals surface area contributed by atoms with Gasteiger partial charge < -0.3 is 9.47 Å². The molecule has 0 saturated heterocycles. The number of carbonyl (C=O) groups is 2. The normalized spacial score (nSPS) is 10.9. The summed E-state index contributed by atoms with van der Waals surface area (Å²) in [6, 6.07) is 13.0. The Labute approximate surface area is 164 Å². The van der Waals surface area contributed by atoms with Crippen LogP contribution in [0, 0.1) is 5.82 Å². The number of hydrogen-bond donors (Lipinski definition) is 2. The molecule has 0 spiro atoms. The van der Waals surface area contributed by atoms with Gasteiger partial charge in [0.15, 0.2) is 6.61 Å². The van der Waals surface area contributed by atoms with Gasteiger partial charge >= 0.3 is 0 Å². The molecular formula is C21H25FN2O4. The molecule has 0 aromatic heterocycles. The van der Waals surface area contributed by atoms with Gasteiger partial charge in [0.25, 0.3) is 5.91 Å². The fourth-order valence-corrected chi connectivity index (χ4v) is 2.23. The Hall–Kier alpha value is -3.09. The molecule has 0 bridgehead atoms. The minimum Gasteiger partial charge on any atom is -0.493 e. The van der Waals surface area contributed by atoms with Crippen molar-refractivity contribution in [2.24, 2.45) is 0 Å². The van der Waals surface area contributed by atoms with Gasteiger partial charge in [0.2, 0.25) is 5.91 Å². The third kappa shape index (κ3) is 7.26. The number of amides is 2. The largest absolute Gasteiger partial charge is 0.493 e. The number of halogens is 1. The summed E-state index contributed by atoms with van der Waals surface area (Å²) in [5.41, 5.74) is 5.79. The molecule has 2 rings (SSSR count). The summed E-state index contributed by atoms with van der Waals surface area (Å²) in [4.78, 5) is 23.4. The van der Waals surface area contributed by atoms with E-state index in [1.807, 2.05) is 24.3 Å². The van der Waals surface area contributed by atoms with E-state index in [9.17, 15) is 14.0 Å². The van der Waals surface area contributed by atoms with Crippen LogP contribution in [-0.4, -0.2) is 25.0 Å². The van der Waals surface area contributed by atoms with Gasteiger partial charge in [-0.2, -0.15) is 0 Å². The van der Waals surface area contributed by atoms with Gasteiger partial charge in [-0.15, -0.1) is 0 Å². The van der Waals surface area contributed by atoms with Crippen LogP contribution < -0.4 is 20.3 Å². The lowest BCUT2D eigenvalue weighted by molar-refractivity contribution is -0.130. The number of carbonyl (C=O) groups excluding carboxylic acids is 2. The number of benzene rings is 2. The molecule has 0 heterocycles. The molecule has 0 aliphatic heterocycles. The van der Waals surface area contributed by atoms with Crippen molar-refractivity contribution in [1.29, 1.82) is 0 Å². The van der Waals surface area contributed by atoms with Crippen molar-refractivity contribution in [3.63, 3.8) is 0 Å². The lowest BCUT2D eigenvalue weighted by Crippen LogP contribution is -2.44. The average Bonchev–Trinajstić information content (AvgIpc) is 2.65. The molecule has 0 aliphatic rings. The van der Waals surface area contributed by atoms with Crippen LogP contribution in [0.5, 0.6) is 11.5 Å². The first-order valence-corrected chi connectivity index (χ1v) is 8.93. The number of rotatable bonds is 7. The lowest BCUT2D eigenvalue weighted by Gasteiger charge is -2.19. The van der Waals surface area contributed by atoms with E-state index in [4.69, 9.17) is 9.47 Å². The molecule has 2 N–H and O–H groups in total. The minimum atomic E-state index is -0.531. The maximum absolute atomic E-state index is 12.8. The van der Waals surface area contributed by atoms with Gasteiger partial charge in [-0.05, 0) is 47.4 Å². The maximum atomic E-state index is 12.8. The van der Waals surface area contributed by atoms with E-state index in [1.54, 1.807) is 0 Å². The summed E-state index contributed by atoms with van der Waals surface area (Å²) >= 11 is 0. The van der Waals surface area contributed by atoms with Crippen LogP contribution in [0.15, 0.2) is 48.5 Å². The highest BCUT2D eigenvalue weighted by atomic mass is 19.1. The second kappa shape index (κ2) is 9.73. The zero-order chi connectivity index (χ0) is 20.6. The van der Waals surface area contributed by atoms with Crippen molar-refractivity contribution in [2.45, 2.75) is 32.6 Å². The summed E-state index contributed by atoms with van der Waals surface area (Å²) in [5, 5.41) is 0. The highest BCUT2D eigenvalue weighted by Gasteiger charge is 2.13. The molecular weight excluding hydrogens is 363 g/mol. The number of hydrazine groups is 1. The Bertz CT molecular complexity index is 784. The van der Waals surface area contributed by atoms with E-state index in [2.05, 4.69) is 31.6 Å². The first-order chi connectivity index (χ1) is 13.2. The molecule has 150 valence electrons. The van der Waals surface area contributed by atoms with Gasteiger partial charge in [0.05, 0.1) is 13.0 Å². The monoisotopic (exact) mass is 388 g/mol. The van der Waals surface area contributed by atoms with Gasteiger partial charge in [-0.1, -0.05) is 32.9 Å². The van der Waals surface area contributed by atoms with Crippen LogP contribution >= 0.6 is 0 Å². The van der Waals surface area contributed by atoms with Crippen LogP contribution in [0.1, 0.15) is 32.8 Å². The van der Waals surface area contributed by atoms with E-state index < -0.39 is 11.7 Å². The van der Waals surface area contributed by atoms with Crippen molar-refractivity contribution in [1.82, 2.24) is 10.9 Å². The average molecular weight is 388 g/mol. The van der Waals surface area contributed by atoms with E-state index in [1.165, 1.54) is 29.8 Å². The summed E-state index contributed by atoms with van der Waals surface area (Å²) in [7, 11) is 0. The van der Waals surface area contributed by atoms with Crippen molar-refractivity contribution in [2.75, 3.05) is 13.2 Å². The van der Waals surface area contributed by atoms with Crippen LogP contribution in [0.2, 0.25) is 0 Å². The van der Waals surface area contributed by atoms with Crippen molar-refractivity contribution < 1.29 is 23.5 Å². The molecule has 0 fully saturated rings. The third-order valence-electron chi connectivity index (χ3n) is 3.84. The highest BCUT2D eigenvalue weighted by Crippen LogP contribution is 2.24. The Morgan fingerprint density at radius 2 is 1.39 bits per heavy atom. The molecule has 0 aliphatic carbocycles. The zero-order valence-corrected chi connectivity index (χ0v) is 16.3. The lowest BCUT2D eigenvalue weighted by atomic mass is 9.87. The summed E-state index contributed by atoms with van der Waals surface area (Å²) < 4.78 is 23.5. The molecule has 0 radical (unpaired) electrons. The fourth-order valence-electron chi connectivity index (χ4n) is 2.23. The first kappa shape index (κ1) is 21.2. The molecule has 2 aromatic rings. The van der Waals surface area contributed by atoms with E-state index in [-0.39, 0.29) is 31.0 Å². The van der Waals surface area contributed by atoms with Gasteiger partial charge in [-0.25, -0.2) is 4.39 Å².